The fourth-order valence-corrected chi connectivity index (χ4v) is 6.55. The Kier molecular flexibility index (Phi) is 5.97. The van der Waals surface area contributed by atoms with Gasteiger partial charge in [-0.05, 0) is 41.8 Å². The van der Waals surface area contributed by atoms with Crippen LogP contribution in [0.5, 0.6) is 5.75 Å². The monoisotopic (exact) mass is 459 g/mol. The minimum atomic E-state index is -3.21. The van der Waals surface area contributed by atoms with Crippen LogP contribution in [0.15, 0.2) is 42.5 Å². The van der Waals surface area contributed by atoms with E-state index in [1.165, 1.54) is 0 Å². The van der Waals surface area contributed by atoms with Gasteiger partial charge in [0.05, 0.1) is 23.7 Å². The van der Waals surface area contributed by atoms with Gasteiger partial charge in [-0.15, -0.1) is 11.3 Å². The third-order valence-electron chi connectivity index (χ3n) is 4.93. The van der Waals surface area contributed by atoms with Crippen LogP contribution in [0.4, 0.5) is 5.00 Å². The van der Waals surface area contributed by atoms with Gasteiger partial charge in [-0.1, -0.05) is 30.3 Å². The molecule has 1 aromatic heterocycles. The number of thiophene rings is 1. The molecule has 0 bridgehead atoms. The van der Waals surface area contributed by atoms with E-state index in [9.17, 15) is 18.0 Å². The summed E-state index contributed by atoms with van der Waals surface area (Å²) in [7, 11) is -3.21. The van der Waals surface area contributed by atoms with Gasteiger partial charge in [-0.3, -0.25) is 4.79 Å². The van der Waals surface area contributed by atoms with E-state index in [0.29, 0.717) is 21.2 Å². The molecule has 0 atom stereocenters. The summed E-state index contributed by atoms with van der Waals surface area (Å²) < 4.78 is 34.7. The van der Waals surface area contributed by atoms with Crippen molar-refractivity contribution in [1.29, 1.82) is 0 Å². The molecule has 0 saturated heterocycles. The highest BCUT2D eigenvalue weighted by molar-refractivity contribution is 7.90. The first kappa shape index (κ1) is 21.3. The molecule has 3 aromatic rings. The Morgan fingerprint density at radius 3 is 2.68 bits per heavy atom. The molecule has 162 valence electrons. The fraction of sp³-hybridized carbons (Fsp3) is 0.273. The molecule has 0 aliphatic carbocycles. The van der Waals surface area contributed by atoms with Crippen molar-refractivity contribution in [3.8, 4) is 5.75 Å². The Morgan fingerprint density at radius 1 is 1.13 bits per heavy atom. The van der Waals surface area contributed by atoms with E-state index in [1.807, 2.05) is 36.4 Å². The summed E-state index contributed by atoms with van der Waals surface area (Å²) in [5.74, 6) is -0.619. The van der Waals surface area contributed by atoms with Crippen molar-refractivity contribution < 1.29 is 27.5 Å². The Bertz CT molecular complexity index is 1260. The van der Waals surface area contributed by atoms with Crippen molar-refractivity contribution in [2.75, 3.05) is 24.3 Å². The van der Waals surface area contributed by atoms with Gasteiger partial charge in [0, 0.05) is 4.88 Å². The van der Waals surface area contributed by atoms with Gasteiger partial charge in [0.1, 0.15) is 10.8 Å². The van der Waals surface area contributed by atoms with Crippen molar-refractivity contribution in [3.63, 3.8) is 0 Å². The van der Waals surface area contributed by atoms with Crippen molar-refractivity contribution in [1.82, 2.24) is 0 Å². The Labute approximate surface area is 183 Å². The standard InChI is InChI=1S/C22H21NO6S2/c1-2-28-22(25)20-17-9-10-31(26,27)13-18(17)30-21(20)23-19(24)12-29-16-8-7-14-5-3-4-6-15(14)11-16/h3-8,11H,2,9-10,12-13H2,1H3,(H,23,24). The summed E-state index contributed by atoms with van der Waals surface area (Å²) in [5, 5.41) is 5.06. The van der Waals surface area contributed by atoms with Gasteiger partial charge < -0.3 is 14.8 Å². The molecule has 4 rings (SSSR count). The summed E-state index contributed by atoms with van der Waals surface area (Å²) >= 11 is 1.10. The molecular weight excluding hydrogens is 438 g/mol. The van der Waals surface area contributed by atoms with Crippen molar-refractivity contribution in [3.05, 3.63) is 58.5 Å². The molecule has 9 heteroatoms. The average Bonchev–Trinajstić information content (AvgIpc) is 3.07. The molecule has 2 heterocycles. The molecule has 1 aliphatic heterocycles. The number of ether oxygens (including phenoxy) is 2. The third kappa shape index (κ3) is 4.72. The summed E-state index contributed by atoms with van der Waals surface area (Å²) in [6.45, 7) is 1.62. The third-order valence-corrected chi connectivity index (χ3v) is 7.81. The van der Waals surface area contributed by atoms with Gasteiger partial charge in [0.15, 0.2) is 16.4 Å². The Morgan fingerprint density at radius 2 is 1.90 bits per heavy atom. The molecule has 0 fully saturated rings. The number of rotatable bonds is 6. The van der Waals surface area contributed by atoms with Crippen LogP contribution in [0.1, 0.15) is 27.7 Å². The molecule has 0 radical (unpaired) electrons. The van der Waals surface area contributed by atoms with Crippen LogP contribution in [0, 0.1) is 0 Å². The topological polar surface area (TPSA) is 98.8 Å². The lowest BCUT2D eigenvalue weighted by atomic mass is 10.1. The van der Waals surface area contributed by atoms with E-state index in [2.05, 4.69) is 5.32 Å². The van der Waals surface area contributed by atoms with Gasteiger partial charge in [0.25, 0.3) is 5.91 Å². The van der Waals surface area contributed by atoms with E-state index in [-0.39, 0.29) is 36.7 Å². The summed E-state index contributed by atoms with van der Waals surface area (Å²) in [6, 6.07) is 13.4. The minimum Gasteiger partial charge on any atom is -0.484 e. The Balaban J connectivity index is 1.51. The smallest absolute Gasteiger partial charge is 0.341 e. The van der Waals surface area contributed by atoms with Crippen molar-refractivity contribution in [2.45, 2.75) is 19.1 Å². The molecular formula is C22H21NO6S2. The number of carbonyl (C=O) groups is 2. The van der Waals surface area contributed by atoms with Gasteiger partial charge in [-0.2, -0.15) is 0 Å². The summed E-state index contributed by atoms with van der Waals surface area (Å²) in [4.78, 5) is 25.6. The lowest BCUT2D eigenvalue weighted by molar-refractivity contribution is -0.118. The molecule has 1 aliphatic rings. The molecule has 7 nitrogen and oxygen atoms in total. The number of nitrogens with one attached hydrogen (secondary N) is 1. The number of hydrogen-bond donors (Lipinski definition) is 1. The molecule has 1 amide bonds. The van der Waals surface area contributed by atoms with Gasteiger partial charge in [-0.25, -0.2) is 13.2 Å². The van der Waals surface area contributed by atoms with Crippen LogP contribution in [0.3, 0.4) is 0 Å². The molecule has 0 spiro atoms. The number of benzene rings is 2. The predicted molar refractivity (Wildman–Crippen MR) is 120 cm³/mol. The van der Waals surface area contributed by atoms with Crippen molar-refractivity contribution >= 4 is 48.8 Å². The first-order valence-electron chi connectivity index (χ1n) is 9.80. The highest BCUT2D eigenvalue weighted by Crippen LogP contribution is 2.38. The van der Waals surface area contributed by atoms with Crippen LogP contribution in [-0.4, -0.2) is 39.3 Å². The predicted octanol–water partition coefficient (Wildman–Crippen LogP) is 3.57. The van der Waals surface area contributed by atoms with Crippen LogP contribution < -0.4 is 10.1 Å². The van der Waals surface area contributed by atoms with E-state index in [0.717, 1.165) is 22.1 Å². The highest BCUT2D eigenvalue weighted by atomic mass is 32.2. The van der Waals surface area contributed by atoms with E-state index < -0.39 is 21.7 Å². The lowest BCUT2D eigenvalue weighted by Crippen LogP contribution is -2.22. The van der Waals surface area contributed by atoms with E-state index in [1.54, 1.807) is 13.0 Å². The normalized spacial score (nSPS) is 14.6. The number of fused-ring (bicyclic) bond motifs is 2. The second-order valence-electron chi connectivity index (χ2n) is 7.12. The summed E-state index contributed by atoms with van der Waals surface area (Å²) in [6.07, 6.45) is 0.228. The molecule has 31 heavy (non-hydrogen) atoms. The van der Waals surface area contributed by atoms with Gasteiger partial charge >= 0.3 is 5.97 Å². The lowest BCUT2D eigenvalue weighted by Gasteiger charge is -2.13. The van der Waals surface area contributed by atoms with Crippen LogP contribution in [0.25, 0.3) is 10.8 Å². The number of amides is 1. The quantitative estimate of drug-likeness (QED) is 0.566. The number of esters is 1. The number of sulfone groups is 1. The van der Waals surface area contributed by atoms with Crippen LogP contribution in [-0.2, 0) is 31.5 Å². The highest BCUT2D eigenvalue weighted by Gasteiger charge is 2.32. The first-order valence-corrected chi connectivity index (χ1v) is 12.4. The number of anilines is 1. The molecule has 0 saturated carbocycles. The van der Waals surface area contributed by atoms with E-state index >= 15 is 0 Å². The Hall–Kier alpha value is -2.91. The first-order chi connectivity index (χ1) is 14.9. The maximum atomic E-state index is 12.5. The second kappa shape index (κ2) is 8.68. The number of hydrogen-bond acceptors (Lipinski definition) is 7. The maximum absolute atomic E-state index is 12.5. The largest absolute Gasteiger partial charge is 0.484 e. The van der Waals surface area contributed by atoms with Crippen LogP contribution in [0.2, 0.25) is 0 Å². The molecule has 1 N–H and O–H groups in total. The SMILES string of the molecule is CCOC(=O)c1c(NC(=O)COc2ccc3ccccc3c2)sc2c1CCS(=O)(=O)C2. The number of carbonyl (C=O) groups excluding carboxylic acids is 2. The zero-order chi connectivity index (χ0) is 22.0. The second-order valence-corrected chi connectivity index (χ2v) is 10.4. The maximum Gasteiger partial charge on any atom is 0.341 e. The minimum absolute atomic E-state index is 0.0262. The van der Waals surface area contributed by atoms with Crippen molar-refractivity contribution in [2.24, 2.45) is 0 Å². The average molecular weight is 460 g/mol. The zero-order valence-corrected chi connectivity index (χ0v) is 18.5. The van der Waals surface area contributed by atoms with E-state index in [4.69, 9.17) is 9.47 Å². The van der Waals surface area contributed by atoms with Crippen LogP contribution >= 0.6 is 11.3 Å². The summed E-state index contributed by atoms with van der Waals surface area (Å²) in [5.41, 5.74) is 0.889. The molecule has 2 aromatic carbocycles. The zero-order valence-electron chi connectivity index (χ0n) is 16.8. The fourth-order valence-electron chi connectivity index (χ4n) is 3.50. The van der Waals surface area contributed by atoms with Gasteiger partial charge in [0.2, 0.25) is 0 Å². The molecule has 0 unspecified atom stereocenters.